The van der Waals surface area contributed by atoms with Crippen molar-refractivity contribution in [3.63, 3.8) is 0 Å². The first-order chi connectivity index (χ1) is 12.7. The van der Waals surface area contributed by atoms with Crippen LogP contribution in [0.5, 0.6) is 0 Å². The first kappa shape index (κ1) is 18.0. The van der Waals surface area contributed by atoms with Crippen molar-refractivity contribution in [1.29, 1.82) is 0 Å². The number of rotatable bonds is 4. The number of amides is 1. The molecule has 3 aliphatic rings. The molecule has 1 saturated heterocycles. The Morgan fingerprint density at radius 2 is 1.88 bits per heavy atom. The second-order valence-electron chi connectivity index (χ2n) is 8.93. The van der Waals surface area contributed by atoms with Gasteiger partial charge in [-0.2, -0.15) is 0 Å². The predicted molar refractivity (Wildman–Crippen MR) is 102 cm³/mol. The average Bonchev–Trinajstić information content (AvgIpc) is 3.27. The third-order valence-electron chi connectivity index (χ3n) is 7.34. The summed E-state index contributed by atoms with van der Waals surface area (Å²) in [5.41, 5.74) is 0.237. The van der Waals surface area contributed by atoms with Gasteiger partial charge in [0, 0.05) is 32.0 Å². The molecule has 1 unspecified atom stereocenters. The molecule has 2 saturated carbocycles. The van der Waals surface area contributed by atoms with Crippen LogP contribution in [0.15, 0.2) is 6.33 Å². The molecule has 5 heteroatoms. The van der Waals surface area contributed by atoms with Gasteiger partial charge in [-0.3, -0.25) is 4.79 Å². The summed E-state index contributed by atoms with van der Waals surface area (Å²) in [6, 6.07) is 0. The molecule has 1 amide bonds. The van der Waals surface area contributed by atoms with Crippen LogP contribution >= 0.6 is 0 Å². The van der Waals surface area contributed by atoms with Crippen molar-refractivity contribution in [2.24, 2.45) is 11.3 Å². The van der Waals surface area contributed by atoms with Gasteiger partial charge >= 0.3 is 0 Å². The molecule has 26 heavy (non-hydrogen) atoms. The molecule has 1 spiro atoms. The Labute approximate surface area is 157 Å². The van der Waals surface area contributed by atoms with Crippen LogP contribution in [0.1, 0.15) is 89.3 Å². The normalized spacial score (nSPS) is 26.5. The van der Waals surface area contributed by atoms with E-state index in [0.717, 1.165) is 31.9 Å². The lowest BCUT2D eigenvalue weighted by Crippen LogP contribution is -2.35. The fraction of sp³-hybridized carbons (Fsp3) is 0.857. The molecule has 0 N–H and O–H groups in total. The molecule has 0 radical (unpaired) electrons. The lowest BCUT2D eigenvalue weighted by atomic mass is 9.67. The van der Waals surface area contributed by atoms with Crippen LogP contribution in [0.3, 0.4) is 0 Å². The quantitative estimate of drug-likeness (QED) is 0.812. The van der Waals surface area contributed by atoms with E-state index in [1.54, 1.807) is 0 Å². The van der Waals surface area contributed by atoms with Crippen LogP contribution in [0.2, 0.25) is 0 Å². The van der Waals surface area contributed by atoms with Gasteiger partial charge in [0.15, 0.2) is 0 Å². The Morgan fingerprint density at radius 1 is 1.15 bits per heavy atom. The Morgan fingerprint density at radius 3 is 2.62 bits per heavy atom. The molecule has 4 rings (SSSR count). The maximum atomic E-state index is 13.1. The molecule has 2 heterocycles. The minimum atomic E-state index is 0.237. The van der Waals surface area contributed by atoms with Gasteiger partial charge in [-0.15, -0.1) is 10.2 Å². The summed E-state index contributed by atoms with van der Waals surface area (Å²) in [5, 5.41) is 8.69. The lowest BCUT2D eigenvalue weighted by molar-refractivity contribution is -0.131. The highest BCUT2D eigenvalue weighted by Crippen LogP contribution is 2.51. The van der Waals surface area contributed by atoms with Gasteiger partial charge in [0.05, 0.1) is 0 Å². The Hall–Kier alpha value is -1.39. The van der Waals surface area contributed by atoms with Gasteiger partial charge in [-0.05, 0) is 43.9 Å². The number of hydrogen-bond donors (Lipinski definition) is 0. The largest absolute Gasteiger partial charge is 0.341 e. The van der Waals surface area contributed by atoms with E-state index in [-0.39, 0.29) is 5.41 Å². The summed E-state index contributed by atoms with van der Waals surface area (Å²) < 4.78 is 2.19. The van der Waals surface area contributed by atoms with Gasteiger partial charge in [0.1, 0.15) is 12.2 Å². The van der Waals surface area contributed by atoms with E-state index in [4.69, 9.17) is 0 Å². The van der Waals surface area contributed by atoms with Crippen LogP contribution in [0.25, 0.3) is 0 Å². The topological polar surface area (TPSA) is 51.0 Å². The van der Waals surface area contributed by atoms with Crippen LogP contribution in [-0.4, -0.2) is 38.7 Å². The van der Waals surface area contributed by atoms with Crippen molar-refractivity contribution >= 4 is 5.91 Å². The highest BCUT2D eigenvalue weighted by Gasteiger charge is 2.50. The summed E-state index contributed by atoms with van der Waals surface area (Å²) in [4.78, 5) is 15.3. The second kappa shape index (κ2) is 7.69. The molecule has 0 bridgehead atoms. The highest BCUT2D eigenvalue weighted by molar-refractivity contribution is 5.77. The molecule has 1 atom stereocenters. The Balaban J connectivity index is 1.52. The maximum absolute atomic E-state index is 13.1. The number of carbonyl (C=O) groups is 1. The zero-order valence-corrected chi connectivity index (χ0v) is 16.3. The van der Waals surface area contributed by atoms with E-state index in [2.05, 4.69) is 26.6 Å². The van der Waals surface area contributed by atoms with Crippen molar-refractivity contribution in [3.8, 4) is 0 Å². The average molecular weight is 359 g/mol. The maximum Gasteiger partial charge on any atom is 0.222 e. The number of hydrogen-bond acceptors (Lipinski definition) is 3. The van der Waals surface area contributed by atoms with Gasteiger partial charge in [0.2, 0.25) is 5.91 Å². The molecule has 3 fully saturated rings. The van der Waals surface area contributed by atoms with Crippen LogP contribution in [0.4, 0.5) is 0 Å². The monoisotopic (exact) mass is 358 g/mol. The van der Waals surface area contributed by atoms with E-state index in [1.807, 2.05) is 6.33 Å². The molecule has 144 valence electrons. The molecule has 1 aromatic heterocycles. The third-order valence-corrected chi connectivity index (χ3v) is 7.34. The molecule has 2 aliphatic carbocycles. The standard InChI is InChI=1S/C21H34N4O/c1-2-24-16-22-23-20(24)18-14-25(15-21(18)11-7-4-8-12-21)19(26)13-17-9-5-3-6-10-17/h16-18H,2-15H2,1H3. The van der Waals surface area contributed by atoms with Crippen molar-refractivity contribution in [1.82, 2.24) is 19.7 Å². The SMILES string of the molecule is CCn1cnnc1C1CN(C(=O)CC2CCCCC2)CC12CCCCC2. The molecule has 1 aliphatic heterocycles. The van der Waals surface area contributed by atoms with Crippen molar-refractivity contribution < 1.29 is 4.79 Å². The van der Waals surface area contributed by atoms with E-state index < -0.39 is 0 Å². The van der Waals surface area contributed by atoms with Gasteiger partial charge < -0.3 is 9.47 Å². The highest BCUT2D eigenvalue weighted by atomic mass is 16.2. The zero-order valence-electron chi connectivity index (χ0n) is 16.3. The minimum Gasteiger partial charge on any atom is -0.341 e. The molecule has 0 aromatic carbocycles. The predicted octanol–water partition coefficient (Wildman–Crippen LogP) is 4.14. The van der Waals surface area contributed by atoms with E-state index >= 15 is 0 Å². The Bertz CT molecular complexity index is 613. The number of nitrogens with zero attached hydrogens (tertiary/aromatic N) is 4. The number of aryl methyl sites for hydroxylation is 1. The number of aromatic nitrogens is 3. The third kappa shape index (κ3) is 3.41. The molecule has 1 aromatic rings. The van der Waals surface area contributed by atoms with Crippen LogP contribution in [0, 0.1) is 11.3 Å². The van der Waals surface area contributed by atoms with Gasteiger partial charge in [-0.25, -0.2) is 0 Å². The van der Waals surface area contributed by atoms with E-state index in [9.17, 15) is 4.79 Å². The molecular weight excluding hydrogens is 324 g/mol. The summed E-state index contributed by atoms with van der Waals surface area (Å²) in [6.07, 6.45) is 15.5. The minimum absolute atomic E-state index is 0.237. The smallest absolute Gasteiger partial charge is 0.222 e. The summed E-state index contributed by atoms with van der Waals surface area (Å²) in [5.74, 6) is 2.49. The van der Waals surface area contributed by atoms with Gasteiger partial charge in [0.25, 0.3) is 0 Å². The van der Waals surface area contributed by atoms with Crippen molar-refractivity contribution in [3.05, 3.63) is 12.2 Å². The number of carbonyl (C=O) groups excluding carboxylic acids is 1. The fourth-order valence-electron chi connectivity index (χ4n) is 5.82. The molecule has 5 nitrogen and oxygen atoms in total. The van der Waals surface area contributed by atoms with Crippen molar-refractivity contribution in [2.75, 3.05) is 13.1 Å². The first-order valence-electron chi connectivity index (χ1n) is 10.9. The Kier molecular flexibility index (Phi) is 5.32. The van der Waals surface area contributed by atoms with Crippen LogP contribution < -0.4 is 0 Å². The summed E-state index contributed by atoms with van der Waals surface area (Å²) >= 11 is 0. The van der Waals surface area contributed by atoms with Gasteiger partial charge in [-0.1, -0.05) is 38.5 Å². The summed E-state index contributed by atoms with van der Waals surface area (Å²) in [6.45, 7) is 4.86. The molecular formula is C21H34N4O. The van der Waals surface area contributed by atoms with Crippen LogP contribution in [-0.2, 0) is 11.3 Å². The van der Waals surface area contributed by atoms with Crippen molar-refractivity contribution in [2.45, 2.75) is 90.0 Å². The first-order valence-corrected chi connectivity index (χ1v) is 10.9. The van der Waals surface area contributed by atoms with E-state index in [0.29, 0.717) is 17.7 Å². The van der Waals surface area contributed by atoms with E-state index in [1.165, 1.54) is 64.2 Å². The lowest BCUT2D eigenvalue weighted by Gasteiger charge is -2.37. The number of likely N-dealkylation sites (tertiary alicyclic amines) is 1. The fourth-order valence-corrected chi connectivity index (χ4v) is 5.82. The zero-order chi connectivity index (χ0) is 18.0. The second-order valence-corrected chi connectivity index (χ2v) is 8.93. The summed E-state index contributed by atoms with van der Waals surface area (Å²) in [7, 11) is 0.